The van der Waals surface area contributed by atoms with Crippen molar-refractivity contribution in [3.8, 4) is 11.5 Å². The minimum absolute atomic E-state index is 0. The Morgan fingerprint density at radius 1 is 0.366 bits per heavy atom. The van der Waals surface area contributed by atoms with Crippen molar-refractivity contribution in [1.29, 1.82) is 0 Å². The van der Waals surface area contributed by atoms with Gasteiger partial charge < -0.3 is 31.5 Å². The quantitative estimate of drug-likeness (QED) is 0.0976. The minimum Gasteiger partial charge on any atom is -0.508 e. The van der Waals surface area contributed by atoms with E-state index in [1.54, 1.807) is 24.3 Å². The van der Waals surface area contributed by atoms with Gasteiger partial charge in [0, 0.05) is 58.4 Å². The standard InChI is InChI=1S/C16H18N2.C15H17N3.C15H14O2.C14H15N3.CH4/c1-13-4-6-14(7-5-13)8-9-15-10-11-16(17-12-15)18(2)3;1-12-4-6-13(7-5-12)8-9-14-10-16-15(17-11-14)18(2)3;1-11-2-4-12(5-3-11)6-7-13-8-14(16)10-15(17)9-13;1-10-2-4-11(5-3-10)6-7-12-8-13(15)17-14(16)9-12;/h4-12H,1-3H3;4-11H,1-3H3;2-10,16-17H,1H3;2-9H,1H3,(H4,15,16,17);1H4/b2*9-8+;2*7-6+;. The van der Waals surface area contributed by atoms with Gasteiger partial charge in [0.15, 0.2) is 0 Å². The number of nitrogen functional groups attached to an aromatic ring is 2. The maximum absolute atomic E-state index is 9.33. The lowest BCUT2D eigenvalue weighted by Crippen LogP contribution is -2.12. The molecule has 0 bridgehead atoms. The molecule has 0 aliphatic rings. The molecule has 8 aromatic rings. The first-order valence-corrected chi connectivity index (χ1v) is 22.7. The summed E-state index contributed by atoms with van der Waals surface area (Å²) in [5, 5.41) is 18.7. The Morgan fingerprint density at radius 3 is 1.01 bits per heavy atom. The number of nitrogens with zero attached hydrogens (tertiary/aromatic N) is 6. The molecule has 0 fully saturated rings. The second-order valence-corrected chi connectivity index (χ2v) is 17.1. The van der Waals surface area contributed by atoms with Crippen LogP contribution in [0, 0.1) is 27.7 Å². The van der Waals surface area contributed by atoms with Gasteiger partial charge in [0.25, 0.3) is 0 Å². The summed E-state index contributed by atoms with van der Waals surface area (Å²) in [6, 6.07) is 45.5. The first-order valence-electron chi connectivity index (χ1n) is 22.7. The molecule has 0 saturated carbocycles. The molecule has 10 heteroatoms. The highest BCUT2D eigenvalue weighted by Gasteiger charge is 2.00. The molecule has 0 aliphatic heterocycles. The molecule has 71 heavy (non-hydrogen) atoms. The highest BCUT2D eigenvalue weighted by molar-refractivity contribution is 5.73. The zero-order chi connectivity index (χ0) is 50.4. The van der Waals surface area contributed by atoms with Crippen molar-refractivity contribution in [2.24, 2.45) is 0 Å². The summed E-state index contributed by atoms with van der Waals surface area (Å²) in [4.78, 5) is 20.7. The fraction of sp³-hybridized carbons (Fsp3) is 0.148. The highest BCUT2D eigenvalue weighted by Crippen LogP contribution is 2.22. The summed E-state index contributed by atoms with van der Waals surface area (Å²) < 4.78 is 0. The third-order valence-corrected chi connectivity index (χ3v) is 10.3. The summed E-state index contributed by atoms with van der Waals surface area (Å²) >= 11 is 0. The first-order chi connectivity index (χ1) is 33.6. The van der Waals surface area contributed by atoms with Crippen molar-refractivity contribution in [2.75, 3.05) is 49.5 Å². The van der Waals surface area contributed by atoms with Crippen LogP contribution in [-0.2, 0) is 0 Å². The Balaban J connectivity index is 0.000000205. The second kappa shape index (κ2) is 27.9. The summed E-state index contributed by atoms with van der Waals surface area (Å²) in [7, 11) is 7.84. The Kier molecular flexibility index (Phi) is 21.6. The third kappa shape index (κ3) is 20.2. The zero-order valence-corrected chi connectivity index (χ0v) is 41.4. The van der Waals surface area contributed by atoms with E-state index in [2.05, 4.69) is 138 Å². The van der Waals surface area contributed by atoms with Crippen molar-refractivity contribution in [3.05, 3.63) is 225 Å². The third-order valence-electron chi connectivity index (χ3n) is 10.3. The minimum atomic E-state index is 0. The summed E-state index contributed by atoms with van der Waals surface area (Å²) in [5.41, 5.74) is 24.7. The highest BCUT2D eigenvalue weighted by atomic mass is 16.3. The molecule has 0 amide bonds. The van der Waals surface area contributed by atoms with Gasteiger partial charge in [0.1, 0.15) is 29.0 Å². The molecule has 0 saturated heterocycles. The van der Waals surface area contributed by atoms with Crippen LogP contribution in [0.25, 0.3) is 48.6 Å². The molecule has 3 heterocycles. The van der Waals surface area contributed by atoms with Gasteiger partial charge in [-0.05, 0) is 103 Å². The molecule has 364 valence electrons. The van der Waals surface area contributed by atoms with Crippen LogP contribution in [0.5, 0.6) is 11.5 Å². The van der Waals surface area contributed by atoms with Crippen LogP contribution in [0.1, 0.15) is 74.2 Å². The van der Waals surface area contributed by atoms with Crippen LogP contribution >= 0.6 is 0 Å². The number of nitrogens with two attached hydrogens (primary N) is 2. The van der Waals surface area contributed by atoms with E-state index in [0.29, 0.717) is 11.6 Å². The number of rotatable bonds is 10. The van der Waals surface area contributed by atoms with Gasteiger partial charge >= 0.3 is 0 Å². The molecule has 0 aliphatic carbocycles. The molecule has 0 radical (unpaired) electrons. The summed E-state index contributed by atoms with van der Waals surface area (Å²) in [6.07, 6.45) is 21.6. The van der Waals surface area contributed by atoms with Gasteiger partial charge in [0.05, 0.1) is 0 Å². The number of hydrogen-bond acceptors (Lipinski definition) is 10. The number of hydrogen-bond donors (Lipinski definition) is 4. The largest absolute Gasteiger partial charge is 0.508 e. The summed E-state index contributed by atoms with van der Waals surface area (Å²) in [6.45, 7) is 8.29. The van der Waals surface area contributed by atoms with E-state index in [-0.39, 0.29) is 18.9 Å². The predicted molar refractivity (Wildman–Crippen MR) is 305 cm³/mol. The number of aromatic hydroxyl groups is 2. The van der Waals surface area contributed by atoms with Crippen molar-refractivity contribution in [1.82, 2.24) is 19.9 Å². The molecule has 5 aromatic carbocycles. The molecular formula is C61H68N8O2. The number of phenols is 2. The normalized spacial score (nSPS) is 10.7. The lowest BCUT2D eigenvalue weighted by Gasteiger charge is -2.10. The fourth-order valence-corrected chi connectivity index (χ4v) is 6.30. The number of phenolic OH excluding ortho intramolecular Hbond substituents is 2. The number of benzene rings is 5. The van der Waals surface area contributed by atoms with E-state index in [1.165, 1.54) is 39.4 Å². The zero-order valence-electron chi connectivity index (χ0n) is 41.4. The van der Waals surface area contributed by atoms with Crippen molar-refractivity contribution < 1.29 is 10.2 Å². The maximum atomic E-state index is 9.33. The first kappa shape index (κ1) is 54.8. The Morgan fingerprint density at radius 2 is 0.676 bits per heavy atom. The van der Waals surface area contributed by atoms with Gasteiger partial charge in [-0.3, -0.25) is 0 Å². The molecular weight excluding hydrogens is 877 g/mol. The van der Waals surface area contributed by atoms with Gasteiger partial charge in [-0.25, -0.2) is 19.9 Å². The number of aromatic nitrogens is 4. The lowest BCUT2D eigenvalue weighted by molar-refractivity contribution is 0.450. The topological polar surface area (TPSA) is 151 Å². The smallest absolute Gasteiger partial charge is 0.224 e. The Labute approximate surface area is 421 Å². The van der Waals surface area contributed by atoms with Crippen LogP contribution in [-0.4, -0.2) is 58.3 Å². The molecule has 6 N–H and O–H groups in total. The van der Waals surface area contributed by atoms with E-state index in [0.717, 1.165) is 45.1 Å². The van der Waals surface area contributed by atoms with Gasteiger partial charge in [0.2, 0.25) is 5.95 Å². The fourth-order valence-electron chi connectivity index (χ4n) is 6.30. The van der Waals surface area contributed by atoms with Crippen LogP contribution in [0.3, 0.4) is 0 Å². The number of aryl methyl sites for hydroxylation is 4. The van der Waals surface area contributed by atoms with Crippen molar-refractivity contribution in [3.63, 3.8) is 0 Å². The van der Waals surface area contributed by atoms with E-state index in [9.17, 15) is 10.2 Å². The lowest BCUT2D eigenvalue weighted by atomic mass is 10.1. The van der Waals surface area contributed by atoms with Crippen LogP contribution in [0.15, 0.2) is 158 Å². The molecule has 0 unspecified atom stereocenters. The molecule has 10 nitrogen and oxygen atoms in total. The van der Waals surface area contributed by atoms with E-state index < -0.39 is 0 Å². The maximum Gasteiger partial charge on any atom is 0.224 e. The average molecular weight is 945 g/mol. The SMILES string of the molecule is C.Cc1ccc(/C=C/c2cc(N)nc(N)c2)cc1.Cc1ccc(/C=C/c2cc(O)cc(O)c2)cc1.Cc1ccc(/C=C/c2ccc(N(C)C)nc2)cc1.Cc1ccc(/C=C/c2cnc(N(C)C)nc2)cc1. The molecule has 8 rings (SSSR count). The summed E-state index contributed by atoms with van der Waals surface area (Å²) in [5.74, 6) is 2.70. The van der Waals surface area contributed by atoms with E-state index in [1.807, 2.05) is 124 Å². The average Bonchev–Trinajstić information content (AvgIpc) is 3.34. The molecule has 0 spiro atoms. The Bertz CT molecular complexity index is 2710. The van der Waals surface area contributed by atoms with Crippen LogP contribution < -0.4 is 21.3 Å². The van der Waals surface area contributed by atoms with E-state index in [4.69, 9.17) is 11.5 Å². The monoisotopic (exact) mass is 945 g/mol. The molecule has 0 atom stereocenters. The van der Waals surface area contributed by atoms with Crippen LogP contribution in [0.2, 0.25) is 0 Å². The predicted octanol–water partition coefficient (Wildman–Crippen LogP) is 13.6. The Hall–Kier alpha value is -8.76. The number of pyridine rings is 2. The van der Waals surface area contributed by atoms with Gasteiger partial charge in [-0.1, -0.05) is 175 Å². The van der Waals surface area contributed by atoms with E-state index >= 15 is 0 Å². The molecule has 3 aromatic heterocycles. The van der Waals surface area contributed by atoms with Gasteiger partial charge in [-0.2, -0.15) is 0 Å². The number of anilines is 4. The van der Waals surface area contributed by atoms with Gasteiger partial charge in [-0.15, -0.1) is 0 Å². The second-order valence-electron chi connectivity index (χ2n) is 17.1. The van der Waals surface area contributed by atoms with Crippen molar-refractivity contribution in [2.45, 2.75) is 35.1 Å². The van der Waals surface area contributed by atoms with Crippen LogP contribution in [0.4, 0.5) is 23.4 Å². The van der Waals surface area contributed by atoms with Crippen molar-refractivity contribution >= 4 is 72.0 Å².